The van der Waals surface area contributed by atoms with E-state index in [0.717, 1.165) is 28.0 Å². The molecule has 0 spiro atoms. The van der Waals surface area contributed by atoms with Gasteiger partial charge in [0.25, 0.3) is 0 Å². The van der Waals surface area contributed by atoms with Gasteiger partial charge < -0.3 is 4.42 Å². The molecular weight excluding hydrogens is 248 g/mol. The second-order valence-corrected chi connectivity index (χ2v) is 4.98. The predicted octanol–water partition coefficient (Wildman–Crippen LogP) is 4.47. The Morgan fingerprint density at radius 3 is 2.20 bits per heavy atom. The van der Waals surface area contributed by atoms with Gasteiger partial charge in [0.2, 0.25) is 0 Å². The zero-order valence-electron chi connectivity index (χ0n) is 11.0. The standard InChI is InChI=1S/C18H12O2/c1-11-15(12-7-3-2-4-8-12)16-17(19)13-9-5-6-10-14(13)18(16)20-11/h2-10H,1H3. The van der Waals surface area contributed by atoms with E-state index in [2.05, 4.69) is 0 Å². The summed E-state index contributed by atoms with van der Waals surface area (Å²) in [6.45, 7) is 1.91. The zero-order chi connectivity index (χ0) is 13.7. The first-order valence-electron chi connectivity index (χ1n) is 6.60. The lowest BCUT2D eigenvalue weighted by Crippen LogP contribution is -1.97. The van der Waals surface area contributed by atoms with Crippen LogP contribution >= 0.6 is 0 Å². The maximum atomic E-state index is 12.6. The van der Waals surface area contributed by atoms with Crippen molar-refractivity contribution in [2.45, 2.75) is 6.92 Å². The van der Waals surface area contributed by atoms with Crippen molar-refractivity contribution < 1.29 is 9.21 Å². The van der Waals surface area contributed by atoms with Gasteiger partial charge >= 0.3 is 0 Å². The highest BCUT2D eigenvalue weighted by atomic mass is 16.3. The summed E-state index contributed by atoms with van der Waals surface area (Å²) >= 11 is 0. The third-order valence-corrected chi connectivity index (χ3v) is 3.79. The van der Waals surface area contributed by atoms with E-state index < -0.39 is 0 Å². The second kappa shape index (κ2) is 3.94. The highest BCUT2D eigenvalue weighted by Crippen LogP contribution is 2.44. The average molecular weight is 260 g/mol. The fourth-order valence-corrected chi connectivity index (χ4v) is 2.92. The van der Waals surface area contributed by atoms with Gasteiger partial charge in [-0.2, -0.15) is 0 Å². The largest absolute Gasteiger partial charge is 0.460 e. The number of rotatable bonds is 1. The maximum absolute atomic E-state index is 12.6. The highest BCUT2D eigenvalue weighted by Gasteiger charge is 2.34. The molecule has 2 aromatic carbocycles. The average Bonchev–Trinajstić information content (AvgIpc) is 2.96. The molecule has 0 unspecified atom stereocenters. The molecule has 3 aromatic rings. The van der Waals surface area contributed by atoms with Gasteiger partial charge in [0, 0.05) is 16.7 Å². The summed E-state index contributed by atoms with van der Waals surface area (Å²) in [5.74, 6) is 1.57. The molecule has 1 aliphatic rings. The van der Waals surface area contributed by atoms with Gasteiger partial charge in [-0.25, -0.2) is 0 Å². The Bertz CT molecular complexity index is 826. The van der Waals surface area contributed by atoms with Crippen LogP contribution in [0.15, 0.2) is 59.0 Å². The summed E-state index contributed by atoms with van der Waals surface area (Å²) in [5.41, 5.74) is 4.28. The molecule has 0 radical (unpaired) electrons. The van der Waals surface area contributed by atoms with Gasteiger partial charge in [0.1, 0.15) is 11.5 Å². The zero-order valence-corrected chi connectivity index (χ0v) is 11.0. The molecule has 1 aromatic heterocycles. The third kappa shape index (κ3) is 1.36. The smallest absolute Gasteiger partial charge is 0.198 e. The van der Waals surface area contributed by atoms with Gasteiger partial charge in [0.15, 0.2) is 5.78 Å². The normalized spacial score (nSPS) is 12.3. The molecule has 1 aliphatic carbocycles. The van der Waals surface area contributed by atoms with Gasteiger partial charge in [-0.1, -0.05) is 54.6 Å². The lowest BCUT2D eigenvalue weighted by Gasteiger charge is -2.02. The number of hydrogen-bond acceptors (Lipinski definition) is 2. The number of fused-ring (bicyclic) bond motifs is 3. The topological polar surface area (TPSA) is 30.2 Å². The van der Waals surface area contributed by atoms with Crippen LogP contribution in [0.2, 0.25) is 0 Å². The van der Waals surface area contributed by atoms with E-state index in [0.29, 0.717) is 11.3 Å². The number of benzene rings is 2. The van der Waals surface area contributed by atoms with Gasteiger partial charge in [-0.15, -0.1) is 0 Å². The fraction of sp³-hybridized carbons (Fsp3) is 0.0556. The third-order valence-electron chi connectivity index (χ3n) is 3.79. The van der Waals surface area contributed by atoms with Crippen LogP contribution in [0.25, 0.3) is 22.5 Å². The molecule has 0 bridgehead atoms. The number of carbonyl (C=O) groups excluding carboxylic acids is 1. The minimum absolute atomic E-state index is 0.0614. The van der Waals surface area contributed by atoms with Crippen molar-refractivity contribution in [3.05, 3.63) is 71.5 Å². The van der Waals surface area contributed by atoms with E-state index in [1.165, 1.54) is 0 Å². The van der Waals surface area contributed by atoms with Gasteiger partial charge in [-0.05, 0) is 12.5 Å². The van der Waals surface area contributed by atoms with E-state index in [1.807, 2.05) is 61.5 Å². The van der Waals surface area contributed by atoms with Crippen LogP contribution in [0, 0.1) is 6.92 Å². The molecule has 0 amide bonds. The maximum Gasteiger partial charge on any atom is 0.198 e. The fourth-order valence-electron chi connectivity index (χ4n) is 2.92. The van der Waals surface area contributed by atoms with Crippen molar-refractivity contribution in [3.63, 3.8) is 0 Å². The Labute approximate surface area is 116 Å². The molecular formula is C18H12O2. The van der Waals surface area contributed by atoms with E-state index >= 15 is 0 Å². The number of furan rings is 1. The molecule has 20 heavy (non-hydrogen) atoms. The number of carbonyl (C=O) groups is 1. The SMILES string of the molecule is Cc1oc2c(c1-c1ccccc1)C(=O)c1ccccc1-2. The number of aryl methyl sites for hydroxylation is 1. The first-order chi connectivity index (χ1) is 9.77. The molecule has 4 rings (SSSR count). The van der Waals surface area contributed by atoms with Crippen molar-refractivity contribution in [1.29, 1.82) is 0 Å². The summed E-state index contributed by atoms with van der Waals surface area (Å²) < 4.78 is 5.89. The van der Waals surface area contributed by atoms with Crippen molar-refractivity contribution >= 4 is 5.78 Å². The molecule has 0 fully saturated rings. The quantitative estimate of drug-likeness (QED) is 0.505. The Hall–Kier alpha value is -2.61. The molecule has 0 saturated carbocycles. The van der Waals surface area contributed by atoms with E-state index in [1.54, 1.807) is 0 Å². The minimum atomic E-state index is 0.0614. The van der Waals surface area contributed by atoms with Gasteiger partial charge in [-0.3, -0.25) is 4.79 Å². The molecule has 0 saturated heterocycles. The van der Waals surface area contributed by atoms with Crippen LogP contribution in [0.4, 0.5) is 0 Å². The van der Waals surface area contributed by atoms with E-state index in [4.69, 9.17) is 4.42 Å². The molecule has 0 atom stereocenters. The monoisotopic (exact) mass is 260 g/mol. The number of ketones is 1. The summed E-state index contributed by atoms with van der Waals surface area (Å²) in [5, 5.41) is 0. The molecule has 0 N–H and O–H groups in total. The second-order valence-electron chi connectivity index (χ2n) is 4.98. The van der Waals surface area contributed by atoms with Gasteiger partial charge in [0.05, 0.1) is 5.56 Å². The molecule has 2 heteroatoms. The summed E-state index contributed by atoms with van der Waals surface area (Å²) in [7, 11) is 0. The molecule has 0 aliphatic heterocycles. The van der Waals surface area contributed by atoms with Crippen LogP contribution in [0.5, 0.6) is 0 Å². The molecule has 2 nitrogen and oxygen atoms in total. The van der Waals surface area contributed by atoms with Crippen LogP contribution in [-0.4, -0.2) is 5.78 Å². The molecule has 96 valence electrons. The van der Waals surface area contributed by atoms with E-state index in [-0.39, 0.29) is 5.78 Å². The minimum Gasteiger partial charge on any atom is -0.460 e. The van der Waals surface area contributed by atoms with Crippen LogP contribution in [0.1, 0.15) is 21.7 Å². The summed E-state index contributed by atoms with van der Waals surface area (Å²) in [6.07, 6.45) is 0. The van der Waals surface area contributed by atoms with Crippen LogP contribution in [-0.2, 0) is 0 Å². The highest BCUT2D eigenvalue weighted by molar-refractivity contribution is 6.24. The Balaban J connectivity index is 2.04. The lowest BCUT2D eigenvalue weighted by atomic mass is 9.99. The van der Waals surface area contributed by atoms with Crippen LogP contribution in [0.3, 0.4) is 0 Å². The predicted molar refractivity (Wildman–Crippen MR) is 77.7 cm³/mol. The van der Waals surface area contributed by atoms with Crippen molar-refractivity contribution in [1.82, 2.24) is 0 Å². The Morgan fingerprint density at radius 2 is 1.45 bits per heavy atom. The number of hydrogen-bond donors (Lipinski definition) is 0. The van der Waals surface area contributed by atoms with Crippen molar-refractivity contribution in [2.24, 2.45) is 0 Å². The molecule has 1 heterocycles. The van der Waals surface area contributed by atoms with Crippen molar-refractivity contribution in [3.8, 4) is 22.5 Å². The van der Waals surface area contributed by atoms with E-state index in [9.17, 15) is 4.79 Å². The summed E-state index contributed by atoms with van der Waals surface area (Å²) in [4.78, 5) is 12.6. The lowest BCUT2D eigenvalue weighted by molar-refractivity contribution is 0.104. The first-order valence-corrected chi connectivity index (χ1v) is 6.60. The van der Waals surface area contributed by atoms with Crippen molar-refractivity contribution in [2.75, 3.05) is 0 Å². The first kappa shape index (κ1) is 11.2. The Kier molecular flexibility index (Phi) is 2.21. The van der Waals surface area contributed by atoms with Crippen LogP contribution < -0.4 is 0 Å². The summed E-state index contributed by atoms with van der Waals surface area (Å²) in [6, 6.07) is 17.5. The Morgan fingerprint density at radius 1 is 0.800 bits per heavy atom.